The Labute approximate surface area is 142 Å². The maximum atomic E-state index is 12.0. The minimum absolute atomic E-state index is 0.0435. The molecule has 2 unspecified atom stereocenters. The maximum Gasteiger partial charge on any atom is 0.386 e. The minimum Gasteiger partial charge on any atom is -0.465 e. The number of aromatic nitrogens is 2. The van der Waals surface area contributed by atoms with Crippen LogP contribution in [-0.2, 0) is 4.74 Å². The maximum absolute atomic E-state index is 12.0. The Morgan fingerprint density at radius 1 is 1.46 bits per heavy atom. The fourth-order valence-corrected chi connectivity index (χ4v) is 3.29. The summed E-state index contributed by atoms with van der Waals surface area (Å²) in [6.07, 6.45) is 2.49. The monoisotopic (exact) mass is 348 g/mol. The molecular formula is C15H13ClN4O4. The molecule has 0 saturated heterocycles. The summed E-state index contributed by atoms with van der Waals surface area (Å²) >= 11 is 6.46. The van der Waals surface area contributed by atoms with Crippen molar-refractivity contribution >= 4 is 23.3 Å². The molecule has 0 saturated carbocycles. The Morgan fingerprint density at radius 2 is 2.17 bits per heavy atom. The van der Waals surface area contributed by atoms with Crippen LogP contribution in [-0.4, -0.2) is 40.1 Å². The van der Waals surface area contributed by atoms with Gasteiger partial charge in [-0.25, -0.2) is 14.8 Å². The largest absolute Gasteiger partial charge is 0.465 e. The number of ether oxygens (including phenoxy) is 1. The molecule has 1 aromatic heterocycles. The summed E-state index contributed by atoms with van der Waals surface area (Å²) in [4.78, 5) is 32.6. The molecule has 9 heteroatoms. The number of fused-ring (bicyclic) bond motifs is 1. The molecule has 0 aliphatic carbocycles. The zero-order chi connectivity index (χ0) is 17.5. The lowest BCUT2D eigenvalue weighted by atomic mass is 9.92. The van der Waals surface area contributed by atoms with Gasteiger partial charge in [-0.3, -0.25) is 15.0 Å². The van der Waals surface area contributed by atoms with Crippen molar-refractivity contribution in [1.29, 1.82) is 0 Å². The van der Waals surface area contributed by atoms with E-state index in [1.165, 1.54) is 31.6 Å². The number of likely N-dealkylation sites (N-methyl/N-ethyl adjacent to an activating group) is 1. The molecule has 124 valence electrons. The van der Waals surface area contributed by atoms with E-state index < -0.39 is 21.9 Å². The fourth-order valence-electron chi connectivity index (χ4n) is 2.98. The van der Waals surface area contributed by atoms with E-state index >= 15 is 0 Å². The minimum atomic E-state index is -2.01. The predicted octanol–water partition coefficient (Wildman–Crippen LogP) is 2.01. The van der Waals surface area contributed by atoms with Gasteiger partial charge in [-0.15, -0.1) is 0 Å². The summed E-state index contributed by atoms with van der Waals surface area (Å²) in [6, 6.07) is 6.97. The van der Waals surface area contributed by atoms with Gasteiger partial charge in [0.25, 0.3) is 0 Å². The second-order valence-corrected chi connectivity index (χ2v) is 5.81. The molecule has 2 atom stereocenters. The molecule has 8 nitrogen and oxygen atoms in total. The Hall–Kier alpha value is -2.74. The molecule has 1 aliphatic rings. The SMILES string of the molecule is COC(=O)c1cncnc1C1c2ccccc2N(C)C1(Cl)[N+](=O)[O-]. The van der Waals surface area contributed by atoms with Crippen molar-refractivity contribution in [2.45, 2.75) is 11.0 Å². The van der Waals surface area contributed by atoms with E-state index in [2.05, 4.69) is 9.97 Å². The van der Waals surface area contributed by atoms with Gasteiger partial charge >= 0.3 is 11.1 Å². The van der Waals surface area contributed by atoms with Crippen molar-refractivity contribution in [1.82, 2.24) is 9.97 Å². The van der Waals surface area contributed by atoms with E-state index in [1.54, 1.807) is 24.3 Å². The van der Waals surface area contributed by atoms with Crippen LogP contribution in [0.1, 0.15) is 27.5 Å². The molecule has 0 amide bonds. The first-order chi connectivity index (χ1) is 11.4. The van der Waals surface area contributed by atoms with Gasteiger partial charge in [0, 0.05) is 18.9 Å². The number of hydrogen-bond acceptors (Lipinski definition) is 7. The van der Waals surface area contributed by atoms with Crippen LogP contribution in [0.15, 0.2) is 36.8 Å². The number of hydrogen-bond donors (Lipinski definition) is 0. The van der Waals surface area contributed by atoms with Gasteiger partial charge in [0.05, 0.1) is 17.7 Å². The third kappa shape index (κ3) is 2.10. The van der Waals surface area contributed by atoms with E-state index in [-0.39, 0.29) is 11.3 Å². The second-order valence-electron chi connectivity index (χ2n) is 5.26. The number of rotatable bonds is 3. The van der Waals surface area contributed by atoms with Crippen LogP contribution in [0.2, 0.25) is 0 Å². The number of benzene rings is 1. The average molecular weight is 349 g/mol. The molecule has 24 heavy (non-hydrogen) atoms. The molecular weight excluding hydrogens is 336 g/mol. The van der Waals surface area contributed by atoms with Gasteiger partial charge < -0.3 is 4.74 Å². The zero-order valence-electron chi connectivity index (χ0n) is 12.8. The van der Waals surface area contributed by atoms with Crippen molar-refractivity contribution in [3.63, 3.8) is 0 Å². The normalized spacial score (nSPS) is 22.1. The number of para-hydroxylation sites is 1. The van der Waals surface area contributed by atoms with Crippen LogP contribution in [0.5, 0.6) is 0 Å². The number of anilines is 1. The van der Waals surface area contributed by atoms with Crippen LogP contribution in [0.4, 0.5) is 5.69 Å². The van der Waals surface area contributed by atoms with Crippen molar-refractivity contribution in [2.24, 2.45) is 0 Å². The Balaban J connectivity index is 2.29. The van der Waals surface area contributed by atoms with Crippen LogP contribution in [0, 0.1) is 10.1 Å². The Morgan fingerprint density at radius 3 is 2.83 bits per heavy atom. The van der Waals surface area contributed by atoms with Crippen molar-refractivity contribution in [3.8, 4) is 0 Å². The van der Waals surface area contributed by atoms with Gasteiger partial charge in [0.1, 0.15) is 17.8 Å². The first kappa shape index (κ1) is 16.1. The summed E-state index contributed by atoms with van der Waals surface area (Å²) in [6.45, 7) is 0. The van der Waals surface area contributed by atoms with E-state index in [0.29, 0.717) is 11.3 Å². The standard InChI is InChI=1S/C15H13ClN4O4/c1-19-11-6-4-3-5-9(11)12(15(19,16)20(22)23)13-10(14(21)24-2)7-17-8-18-13/h3-8,12H,1-2H3. The highest BCUT2D eigenvalue weighted by Crippen LogP contribution is 2.52. The molecule has 1 aliphatic heterocycles. The van der Waals surface area contributed by atoms with Crippen molar-refractivity contribution in [2.75, 3.05) is 19.1 Å². The molecule has 0 bridgehead atoms. The van der Waals surface area contributed by atoms with Gasteiger partial charge in [-0.2, -0.15) is 0 Å². The summed E-state index contributed by atoms with van der Waals surface area (Å²) in [5, 5.41) is 9.80. The second kappa shape index (κ2) is 5.72. The lowest BCUT2D eigenvalue weighted by Crippen LogP contribution is -2.49. The van der Waals surface area contributed by atoms with E-state index in [1.807, 2.05) is 0 Å². The first-order valence-electron chi connectivity index (χ1n) is 6.97. The summed E-state index contributed by atoms with van der Waals surface area (Å²) < 4.78 is 4.73. The van der Waals surface area contributed by atoms with Gasteiger partial charge in [0.15, 0.2) is 0 Å². The van der Waals surface area contributed by atoms with Crippen molar-refractivity contribution in [3.05, 3.63) is 63.7 Å². The van der Waals surface area contributed by atoms with Crippen LogP contribution in [0.25, 0.3) is 0 Å². The zero-order valence-corrected chi connectivity index (χ0v) is 13.6. The van der Waals surface area contributed by atoms with Crippen molar-refractivity contribution < 1.29 is 14.5 Å². The number of carbonyl (C=O) groups excluding carboxylic acids is 1. The molecule has 0 radical (unpaired) electrons. The van der Waals surface area contributed by atoms with E-state index in [4.69, 9.17) is 16.3 Å². The van der Waals surface area contributed by atoms with Gasteiger partial charge in [0.2, 0.25) is 0 Å². The smallest absolute Gasteiger partial charge is 0.386 e. The average Bonchev–Trinajstić information content (AvgIpc) is 2.83. The number of carbonyl (C=O) groups is 1. The summed E-state index contributed by atoms with van der Waals surface area (Å²) in [7, 11) is 2.75. The quantitative estimate of drug-likeness (QED) is 0.275. The topological polar surface area (TPSA) is 98.5 Å². The molecule has 3 rings (SSSR count). The number of alkyl halides is 1. The highest BCUT2D eigenvalue weighted by molar-refractivity contribution is 6.25. The number of esters is 1. The van der Waals surface area contributed by atoms with Gasteiger partial charge in [-0.05, 0) is 23.2 Å². The number of nitrogens with zero attached hydrogens (tertiary/aromatic N) is 4. The highest BCUT2D eigenvalue weighted by Gasteiger charge is 2.61. The van der Waals surface area contributed by atoms with E-state index in [9.17, 15) is 14.9 Å². The predicted molar refractivity (Wildman–Crippen MR) is 85.6 cm³/mol. The molecule has 0 spiro atoms. The summed E-state index contributed by atoms with van der Waals surface area (Å²) in [5.74, 6) is -1.65. The van der Waals surface area contributed by atoms with Crippen LogP contribution < -0.4 is 4.90 Å². The molecule has 0 fully saturated rings. The van der Waals surface area contributed by atoms with Crippen LogP contribution >= 0.6 is 11.6 Å². The third-order valence-electron chi connectivity index (χ3n) is 4.12. The van der Waals surface area contributed by atoms with Gasteiger partial charge in [-0.1, -0.05) is 18.2 Å². The number of methoxy groups -OCH3 is 1. The number of nitro groups is 1. The number of halogens is 1. The lowest BCUT2D eigenvalue weighted by molar-refractivity contribution is -0.541. The molecule has 2 heterocycles. The Bertz CT molecular complexity index is 831. The Kier molecular flexibility index (Phi) is 3.84. The lowest BCUT2D eigenvalue weighted by Gasteiger charge is -2.27. The summed E-state index contributed by atoms with van der Waals surface area (Å²) in [5.41, 5.74) is 1.40. The first-order valence-corrected chi connectivity index (χ1v) is 7.35. The van der Waals surface area contributed by atoms with Crippen LogP contribution in [0.3, 0.4) is 0 Å². The third-order valence-corrected chi connectivity index (χ3v) is 4.73. The van der Waals surface area contributed by atoms with E-state index in [0.717, 1.165) is 0 Å². The molecule has 0 N–H and O–H groups in total. The highest BCUT2D eigenvalue weighted by atomic mass is 35.5. The molecule has 1 aromatic carbocycles. The molecule has 2 aromatic rings. The fraction of sp³-hybridized carbons (Fsp3) is 0.267.